The maximum Gasteiger partial charge on any atom is 0.307 e. The third-order valence-electron chi connectivity index (χ3n) is 3.52. The number of nitrogens with zero attached hydrogens (tertiary/aromatic N) is 1. The second-order valence-corrected chi connectivity index (χ2v) is 5.55. The molecular weight excluding hydrogens is 322 g/mol. The molecule has 0 unspecified atom stereocenters. The Labute approximate surface area is 144 Å². The van der Waals surface area contributed by atoms with E-state index < -0.39 is 11.9 Å². The fourth-order valence-electron chi connectivity index (χ4n) is 2.38. The van der Waals surface area contributed by atoms with E-state index in [-0.39, 0.29) is 18.6 Å². The maximum absolute atomic E-state index is 12.2. The first-order chi connectivity index (χ1) is 11.8. The van der Waals surface area contributed by atoms with E-state index in [1.165, 1.54) is 6.08 Å². The number of carbonyl (C=O) groups excluding carboxylic acids is 1. The van der Waals surface area contributed by atoms with E-state index in [2.05, 4.69) is 4.98 Å². The Kier molecular flexibility index (Phi) is 5.79. The smallest absolute Gasteiger partial charge is 0.307 e. The minimum absolute atomic E-state index is 0.195. The second-order valence-electron chi connectivity index (χ2n) is 5.55. The molecule has 6 nitrogen and oxygen atoms in total. The summed E-state index contributed by atoms with van der Waals surface area (Å²) in [6, 6.07) is 8.12. The molecule has 0 aliphatic heterocycles. The van der Waals surface area contributed by atoms with Gasteiger partial charge in [-0.2, -0.15) is 0 Å². The molecule has 0 atom stereocenters. The van der Waals surface area contributed by atoms with E-state index in [1.807, 2.05) is 0 Å². The zero-order chi connectivity index (χ0) is 18.4. The standard InChI is InChI=1S/C19H17NO5/c1-12-8-15(6-7-20-12)17(21)5-3-13-2-4-14(10-18(22)23)16(9-13)11-19(24)25/h2-9H,10-11H2,1H3,(H,22,23)(H,24,25)/b5-3+. The van der Waals surface area contributed by atoms with Crippen molar-refractivity contribution in [2.24, 2.45) is 0 Å². The van der Waals surface area contributed by atoms with Crippen LogP contribution in [0.3, 0.4) is 0 Å². The molecule has 2 rings (SSSR count). The number of carbonyl (C=O) groups is 3. The Hall–Kier alpha value is -3.28. The summed E-state index contributed by atoms with van der Waals surface area (Å²) < 4.78 is 0. The molecule has 1 aromatic carbocycles. The Balaban J connectivity index is 2.25. The van der Waals surface area contributed by atoms with Gasteiger partial charge in [-0.15, -0.1) is 0 Å². The monoisotopic (exact) mass is 339 g/mol. The molecule has 0 fully saturated rings. The number of benzene rings is 1. The number of aliphatic carboxylic acids is 2. The largest absolute Gasteiger partial charge is 0.481 e. The van der Waals surface area contributed by atoms with Gasteiger partial charge in [0.15, 0.2) is 5.78 Å². The van der Waals surface area contributed by atoms with E-state index in [0.717, 1.165) is 5.69 Å². The van der Waals surface area contributed by atoms with E-state index in [1.54, 1.807) is 49.5 Å². The molecule has 2 N–H and O–H groups in total. The number of pyridine rings is 1. The summed E-state index contributed by atoms with van der Waals surface area (Å²) in [7, 11) is 0. The van der Waals surface area contributed by atoms with Gasteiger partial charge in [0.1, 0.15) is 0 Å². The minimum atomic E-state index is -1.05. The van der Waals surface area contributed by atoms with E-state index in [4.69, 9.17) is 10.2 Å². The van der Waals surface area contributed by atoms with Gasteiger partial charge in [0.2, 0.25) is 0 Å². The van der Waals surface area contributed by atoms with Crippen molar-refractivity contribution in [2.75, 3.05) is 0 Å². The highest BCUT2D eigenvalue weighted by molar-refractivity contribution is 6.06. The summed E-state index contributed by atoms with van der Waals surface area (Å²) in [6.45, 7) is 1.79. The fraction of sp³-hybridized carbons (Fsp3) is 0.158. The lowest BCUT2D eigenvalue weighted by Gasteiger charge is -2.07. The number of hydrogen-bond donors (Lipinski definition) is 2. The first-order valence-electron chi connectivity index (χ1n) is 7.55. The maximum atomic E-state index is 12.2. The van der Waals surface area contributed by atoms with Gasteiger partial charge in [-0.25, -0.2) is 0 Å². The number of hydrogen-bond acceptors (Lipinski definition) is 4. The molecule has 0 saturated heterocycles. The van der Waals surface area contributed by atoms with E-state index in [9.17, 15) is 14.4 Å². The molecule has 1 aromatic heterocycles. The van der Waals surface area contributed by atoms with Gasteiger partial charge in [0.25, 0.3) is 0 Å². The third-order valence-corrected chi connectivity index (χ3v) is 3.52. The zero-order valence-corrected chi connectivity index (χ0v) is 13.6. The zero-order valence-electron chi connectivity index (χ0n) is 13.6. The van der Waals surface area contributed by atoms with Crippen molar-refractivity contribution < 1.29 is 24.6 Å². The van der Waals surface area contributed by atoms with Crippen molar-refractivity contribution in [1.29, 1.82) is 0 Å². The van der Waals surface area contributed by atoms with Gasteiger partial charge in [-0.3, -0.25) is 19.4 Å². The average molecular weight is 339 g/mol. The summed E-state index contributed by atoms with van der Waals surface area (Å²) in [5.41, 5.74) is 2.75. The Bertz CT molecular complexity index is 855. The molecule has 0 radical (unpaired) electrons. The van der Waals surface area contributed by atoms with Gasteiger partial charge in [0.05, 0.1) is 12.8 Å². The number of carboxylic acids is 2. The van der Waals surface area contributed by atoms with Crippen LogP contribution in [0.4, 0.5) is 0 Å². The van der Waals surface area contributed by atoms with Crippen LogP contribution in [0.1, 0.15) is 32.7 Å². The van der Waals surface area contributed by atoms with Crippen LogP contribution in [-0.4, -0.2) is 32.9 Å². The summed E-state index contributed by atoms with van der Waals surface area (Å²) in [5.74, 6) is -2.27. The highest BCUT2D eigenvalue weighted by Crippen LogP contribution is 2.16. The number of allylic oxidation sites excluding steroid dienone is 1. The van der Waals surface area contributed by atoms with E-state index >= 15 is 0 Å². The molecule has 25 heavy (non-hydrogen) atoms. The lowest BCUT2D eigenvalue weighted by Crippen LogP contribution is -2.08. The van der Waals surface area contributed by atoms with Crippen molar-refractivity contribution in [1.82, 2.24) is 4.98 Å². The number of aromatic nitrogens is 1. The fourth-order valence-corrected chi connectivity index (χ4v) is 2.38. The molecule has 1 heterocycles. The number of ketones is 1. The van der Waals surface area contributed by atoms with Crippen LogP contribution in [0.25, 0.3) is 6.08 Å². The number of aryl methyl sites for hydroxylation is 1. The number of carboxylic acid groups (broad SMARTS) is 2. The van der Waals surface area contributed by atoms with Crippen LogP contribution in [0, 0.1) is 6.92 Å². The molecule has 0 bridgehead atoms. The lowest BCUT2D eigenvalue weighted by molar-refractivity contribution is -0.137. The van der Waals surface area contributed by atoms with Crippen LogP contribution >= 0.6 is 0 Å². The first-order valence-corrected chi connectivity index (χ1v) is 7.55. The van der Waals surface area contributed by atoms with Crippen molar-refractivity contribution in [2.45, 2.75) is 19.8 Å². The predicted molar refractivity (Wildman–Crippen MR) is 91.5 cm³/mol. The molecular formula is C19H17NO5. The third kappa shape index (κ3) is 5.39. The van der Waals surface area contributed by atoms with Gasteiger partial charge in [0, 0.05) is 17.5 Å². The molecule has 0 amide bonds. The van der Waals surface area contributed by atoms with E-state index in [0.29, 0.717) is 22.3 Å². The van der Waals surface area contributed by atoms with Gasteiger partial charge in [-0.1, -0.05) is 24.3 Å². The van der Waals surface area contributed by atoms with Crippen LogP contribution in [0.2, 0.25) is 0 Å². The Morgan fingerprint density at radius 1 is 1.00 bits per heavy atom. The van der Waals surface area contributed by atoms with Crippen molar-refractivity contribution in [3.05, 3.63) is 70.6 Å². The first kappa shape index (κ1) is 18.1. The molecule has 128 valence electrons. The molecule has 0 saturated carbocycles. The summed E-state index contributed by atoms with van der Waals surface area (Å²) >= 11 is 0. The molecule has 0 aliphatic carbocycles. The Morgan fingerprint density at radius 3 is 2.32 bits per heavy atom. The van der Waals surface area contributed by atoms with Gasteiger partial charge < -0.3 is 10.2 Å². The molecule has 6 heteroatoms. The van der Waals surface area contributed by atoms with Crippen LogP contribution < -0.4 is 0 Å². The second kappa shape index (κ2) is 8.01. The minimum Gasteiger partial charge on any atom is -0.481 e. The average Bonchev–Trinajstić information content (AvgIpc) is 2.53. The summed E-state index contributed by atoms with van der Waals surface area (Å²) in [5, 5.41) is 17.9. The molecule has 2 aromatic rings. The SMILES string of the molecule is Cc1cc(C(=O)/C=C/c2ccc(CC(=O)O)c(CC(=O)O)c2)ccn1. The van der Waals surface area contributed by atoms with Crippen molar-refractivity contribution in [3.63, 3.8) is 0 Å². The highest BCUT2D eigenvalue weighted by atomic mass is 16.4. The van der Waals surface area contributed by atoms with Crippen LogP contribution in [-0.2, 0) is 22.4 Å². The molecule has 0 spiro atoms. The van der Waals surface area contributed by atoms with Crippen LogP contribution in [0.5, 0.6) is 0 Å². The quantitative estimate of drug-likeness (QED) is 0.593. The topological polar surface area (TPSA) is 105 Å². The normalized spacial score (nSPS) is 10.8. The summed E-state index contributed by atoms with van der Waals surface area (Å²) in [4.78, 5) is 38.0. The Morgan fingerprint density at radius 2 is 1.68 bits per heavy atom. The number of rotatable bonds is 7. The van der Waals surface area contributed by atoms with Gasteiger partial charge in [-0.05, 0) is 41.8 Å². The van der Waals surface area contributed by atoms with Crippen LogP contribution in [0.15, 0.2) is 42.6 Å². The van der Waals surface area contributed by atoms with Gasteiger partial charge >= 0.3 is 11.9 Å². The highest BCUT2D eigenvalue weighted by Gasteiger charge is 2.11. The van der Waals surface area contributed by atoms with Crippen molar-refractivity contribution in [3.8, 4) is 0 Å². The lowest BCUT2D eigenvalue weighted by atomic mass is 9.98. The summed E-state index contributed by atoms with van der Waals surface area (Å²) in [6.07, 6.45) is 4.01. The predicted octanol–water partition coefficient (Wildman–Crippen LogP) is 2.54. The van der Waals surface area contributed by atoms with Crippen molar-refractivity contribution >= 4 is 23.8 Å². The molecule has 0 aliphatic rings.